The third kappa shape index (κ3) is 8.36. The molecule has 0 aliphatic heterocycles. The first kappa shape index (κ1) is 36.9. The minimum Gasteiger partial charge on any atom is -0.453 e. The second-order valence-electron chi connectivity index (χ2n) is 11.0. The Bertz CT molecular complexity index is 1740. The fraction of sp³-hybridized carbons (Fsp3) is 0.312. The lowest BCUT2D eigenvalue weighted by atomic mass is 9.84. The molecule has 5 N–H and O–H groups in total. The summed E-state index contributed by atoms with van der Waals surface area (Å²) in [6.07, 6.45) is -6.03. The number of anilines is 1. The van der Waals surface area contributed by atoms with E-state index in [9.17, 15) is 36.3 Å². The van der Waals surface area contributed by atoms with E-state index in [-0.39, 0.29) is 19.7 Å². The standard InChI is InChI=1S/C32H35F3N4O6S3/c1-19(2)39(48(43,44)26-16-22(36)18-46-26)23(17-40)24-14-15-25(47-24)29(32(33,34)35)38-30(41)28(37-31(42)45-3)27(20-10-6-4-7-11-20)21-12-8-5-9-13-21/h4-16,18-19,23,27-29,40H,17,36H2,1-3H3,(H,37,42)(H,38,41)/t23-,28+,29-/m1/s1. The number of ether oxygens (including phenoxy) is 1. The molecule has 0 aliphatic rings. The number of nitrogens with two attached hydrogens (primary N) is 1. The minimum atomic E-state index is -5.00. The van der Waals surface area contributed by atoms with Crippen molar-refractivity contribution in [2.45, 2.75) is 54.3 Å². The third-order valence-corrected chi connectivity index (χ3v) is 12.2. The van der Waals surface area contributed by atoms with Crippen molar-refractivity contribution in [3.05, 3.63) is 105 Å². The molecule has 0 spiro atoms. The number of hydrogen-bond acceptors (Lipinski definition) is 9. The van der Waals surface area contributed by atoms with Gasteiger partial charge in [-0.15, -0.1) is 22.7 Å². The van der Waals surface area contributed by atoms with Crippen LogP contribution in [0.25, 0.3) is 0 Å². The molecular formula is C32H35F3N4O6S3. The monoisotopic (exact) mass is 724 g/mol. The van der Waals surface area contributed by atoms with Crippen molar-refractivity contribution in [3.8, 4) is 0 Å². The van der Waals surface area contributed by atoms with E-state index in [1.54, 1.807) is 74.5 Å². The predicted molar refractivity (Wildman–Crippen MR) is 178 cm³/mol. The molecule has 2 aromatic carbocycles. The molecule has 4 aromatic rings. The molecule has 258 valence electrons. The van der Waals surface area contributed by atoms with Gasteiger partial charge < -0.3 is 26.2 Å². The molecule has 3 atom stereocenters. The van der Waals surface area contributed by atoms with Crippen LogP contribution in [-0.2, 0) is 19.6 Å². The number of carbonyl (C=O) groups is 2. The molecule has 16 heteroatoms. The molecule has 2 amide bonds. The van der Waals surface area contributed by atoms with Gasteiger partial charge in [-0.2, -0.15) is 17.5 Å². The van der Waals surface area contributed by atoms with Crippen molar-refractivity contribution in [3.63, 3.8) is 0 Å². The highest BCUT2D eigenvalue weighted by Crippen LogP contribution is 2.41. The third-order valence-electron chi connectivity index (χ3n) is 7.38. The first-order valence-electron chi connectivity index (χ1n) is 14.6. The highest BCUT2D eigenvalue weighted by atomic mass is 32.2. The Morgan fingerprint density at radius 3 is 1.98 bits per heavy atom. The van der Waals surface area contributed by atoms with Crippen molar-refractivity contribution in [1.29, 1.82) is 0 Å². The van der Waals surface area contributed by atoms with E-state index in [1.165, 1.54) is 17.5 Å². The number of aliphatic hydroxyl groups excluding tert-OH is 1. The summed E-state index contributed by atoms with van der Waals surface area (Å²) < 4.78 is 77.0. The van der Waals surface area contributed by atoms with Crippen molar-refractivity contribution in [2.75, 3.05) is 19.5 Å². The van der Waals surface area contributed by atoms with Gasteiger partial charge in [0, 0.05) is 32.8 Å². The lowest BCUT2D eigenvalue weighted by molar-refractivity contribution is -0.163. The lowest BCUT2D eigenvalue weighted by Crippen LogP contribution is -2.52. The summed E-state index contributed by atoms with van der Waals surface area (Å²) in [6.45, 7) is 2.42. The van der Waals surface area contributed by atoms with Gasteiger partial charge in [-0.25, -0.2) is 13.2 Å². The number of nitrogens with one attached hydrogen (secondary N) is 2. The highest BCUT2D eigenvalue weighted by Gasteiger charge is 2.46. The SMILES string of the molecule is COC(=O)N[C@H](C(=O)N[C@H](c1ccc([C@@H](CO)N(C(C)C)S(=O)(=O)c2cc(N)cs2)s1)C(F)(F)F)C(c1ccccc1)c1ccccc1. The summed E-state index contributed by atoms with van der Waals surface area (Å²) in [5, 5.41) is 16.3. The van der Waals surface area contributed by atoms with E-state index in [1.807, 2.05) is 0 Å². The molecule has 0 saturated heterocycles. The number of sulfonamides is 1. The number of amides is 2. The number of halogens is 3. The summed E-state index contributed by atoms with van der Waals surface area (Å²) in [4.78, 5) is 26.1. The number of alkyl halides is 3. The average molecular weight is 725 g/mol. The van der Waals surface area contributed by atoms with Gasteiger partial charge in [0.25, 0.3) is 10.0 Å². The number of thiophene rings is 2. The van der Waals surface area contributed by atoms with Crippen LogP contribution in [0, 0.1) is 0 Å². The van der Waals surface area contributed by atoms with E-state index < -0.39 is 64.9 Å². The maximum absolute atomic E-state index is 14.7. The van der Waals surface area contributed by atoms with E-state index >= 15 is 0 Å². The Kier molecular flexibility index (Phi) is 11.9. The largest absolute Gasteiger partial charge is 0.453 e. The first-order chi connectivity index (χ1) is 22.7. The van der Waals surface area contributed by atoms with Crippen LogP contribution < -0.4 is 16.4 Å². The van der Waals surface area contributed by atoms with Crippen molar-refractivity contribution in [2.24, 2.45) is 0 Å². The summed E-state index contributed by atoms with van der Waals surface area (Å²) in [6, 6.07) is 14.7. The summed E-state index contributed by atoms with van der Waals surface area (Å²) in [5.41, 5.74) is 7.07. The Morgan fingerprint density at radius 2 is 1.52 bits per heavy atom. The van der Waals surface area contributed by atoms with Crippen LogP contribution in [-0.4, -0.2) is 61.8 Å². The topological polar surface area (TPSA) is 151 Å². The molecule has 0 saturated carbocycles. The van der Waals surface area contributed by atoms with Gasteiger partial charge in [-0.05, 0) is 43.2 Å². The Morgan fingerprint density at radius 1 is 0.958 bits per heavy atom. The van der Waals surface area contributed by atoms with Crippen LogP contribution in [0.2, 0.25) is 0 Å². The normalized spacial score (nSPS) is 14.1. The molecule has 2 heterocycles. The van der Waals surface area contributed by atoms with Crippen molar-refractivity contribution < 1.29 is 41.0 Å². The Hall–Kier alpha value is -3.96. The molecular weight excluding hydrogens is 690 g/mol. The van der Waals surface area contributed by atoms with Crippen molar-refractivity contribution in [1.82, 2.24) is 14.9 Å². The minimum absolute atomic E-state index is 0.0834. The number of rotatable bonds is 13. The Labute approximate surface area is 284 Å². The quantitative estimate of drug-likeness (QED) is 0.136. The van der Waals surface area contributed by atoms with Gasteiger partial charge in [-0.3, -0.25) is 4.79 Å². The number of nitrogen functional groups attached to an aromatic ring is 1. The number of alkyl carbamates (subject to hydrolysis) is 1. The summed E-state index contributed by atoms with van der Waals surface area (Å²) in [7, 11) is -3.14. The lowest BCUT2D eigenvalue weighted by Gasteiger charge is -2.32. The number of hydrogen-bond donors (Lipinski definition) is 4. The average Bonchev–Trinajstić information content (AvgIpc) is 3.72. The molecule has 0 unspecified atom stereocenters. The highest BCUT2D eigenvalue weighted by molar-refractivity contribution is 7.91. The number of aliphatic hydroxyl groups is 1. The van der Waals surface area contributed by atoms with E-state index in [4.69, 9.17) is 10.5 Å². The zero-order chi connectivity index (χ0) is 35.2. The van der Waals surface area contributed by atoms with Crippen LogP contribution in [0.5, 0.6) is 0 Å². The van der Waals surface area contributed by atoms with Gasteiger partial charge >= 0.3 is 12.3 Å². The molecule has 0 fully saturated rings. The zero-order valence-electron chi connectivity index (χ0n) is 26.0. The second kappa shape index (κ2) is 15.5. The molecule has 10 nitrogen and oxygen atoms in total. The maximum atomic E-state index is 14.7. The van der Waals surface area contributed by atoms with E-state index in [2.05, 4.69) is 10.6 Å². The number of methoxy groups -OCH3 is 1. The predicted octanol–water partition coefficient (Wildman–Crippen LogP) is 5.80. The van der Waals surface area contributed by atoms with Crippen LogP contribution in [0.3, 0.4) is 0 Å². The van der Waals surface area contributed by atoms with Crippen LogP contribution >= 0.6 is 22.7 Å². The molecule has 48 heavy (non-hydrogen) atoms. The molecule has 0 radical (unpaired) electrons. The second-order valence-corrected chi connectivity index (χ2v) is 15.1. The first-order valence-corrected chi connectivity index (χ1v) is 17.7. The zero-order valence-corrected chi connectivity index (χ0v) is 28.5. The fourth-order valence-electron chi connectivity index (χ4n) is 5.30. The number of carbonyl (C=O) groups excluding carboxylic acids is 2. The summed E-state index contributed by atoms with van der Waals surface area (Å²) >= 11 is 1.49. The van der Waals surface area contributed by atoms with E-state index in [0.717, 1.165) is 28.8 Å². The van der Waals surface area contributed by atoms with E-state index in [0.29, 0.717) is 22.5 Å². The maximum Gasteiger partial charge on any atom is 0.413 e. The van der Waals surface area contributed by atoms with Gasteiger partial charge in [0.15, 0.2) is 6.04 Å². The number of benzene rings is 2. The molecule has 0 aliphatic carbocycles. The Balaban J connectivity index is 1.73. The fourth-order valence-corrected chi connectivity index (χ4v) is 9.53. The summed E-state index contributed by atoms with van der Waals surface area (Å²) in [5.74, 6) is -2.05. The van der Waals surface area contributed by atoms with Crippen LogP contribution in [0.4, 0.5) is 23.7 Å². The van der Waals surface area contributed by atoms with Crippen LogP contribution in [0.15, 0.2) is 88.5 Å². The van der Waals surface area contributed by atoms with Gasteiger partial charge in [0.1, 0.15) is 10.3 Å². The smallest absolute Gasteiger partial charge is 0.413 e. The van der Waals surface area contributed by atoms with Gasteiger partial charge in [0.05, 0.1) is 19.8 Å². The molecule has 0 bridgehead atoms. The van der Waals surface area contributed by atoms with Gasteiger partial charge in [-0.1, -0.05) is 60.7 Å². The van der Waals surface area contributed by atoms with Crippen molar-refractivity contribution >= 4 is 50.4 Å². The molecule has 4 rings (SSSR count). The van der Waals surface area contributed by atoms with Crippen LogP contribution in [0.1, 0.15) is 52.7 Å². The molecule has 2 aromatic heterocycles. The van der Waals surface area contributed by atoms with Gasteiger partial charge in [0.2, 0.25) is 5.91 Å². The number of nitrogens with zero attached hydrogens (tertiary/aromatic N) is 1.